The molecule has 1 atom stereocenters. The van der Waals surface area contributed by atoms with Crippen LogP contribution in [-0.2, 0) is 4.74 Å². The third-order valence-corrected chi connectivity index (χ3v) is 1.52. The first-order valence-corrected chi connectivity index (χ1v) is 4.62. The number of halogens is 1. The van der Waals surface area contributed by atoms with Crippen LogP contribution < -0.4 is 0 Å². The lowest BCUT2D eigenvalue weighted by atomic mass is 10.1. The quantitative estimate of drug-likeness (QED) is 0.472. The topological polar surface area (TPSA) is 9.23 Å². The zero-order valence-electron chi connectivity index (χ0n) is 8.88. The maximum atomic E-state index is 12.5. The maximum Gasteiger partial charge on any atom is 0.119 e. The highest BCUT2D eigenvalue weighted by Crippen LogP contribution is 2.06. The van der Waals surface area contributed by atoms with Gasteiger partial charge < -0.3 is 4.74 Å². The van der Waals surface area contributed by atoms with Crippen molar-refractivity contribution >= 4 is 0 Å². The van der Waals surface area contributed by atoms with E-state index in [1.165, 1.54) is 13.0 Å². The highest BCUT2D eigenvalue weighted by atomic mass is 19.1. The normalized spacial score (nSPS) is 15.4. The van der Waals surface area contributed by atoms with Crippen molar-refractivity contribution in [1.29, 1.82) is 0 Å². The van der Waals surface area contributed by atoms with E-state index in [9.17, 15) is 4.39 Å². The number of rotatable bonds is 5. The van der Waals surface area contributed by atoms with Crippen molar-refractivity contribution in [3.05, 3.63) is 24.0 Å². The van der Waals surface area contributed by atoms with Gasteiger partial charge in [0, 0.05) is 0 Å². The van der Waals surface area contributed by atoms with Gasteiger partial charge in [0.25, 0.3) is 0 Å². The Morgan fingerprint density at radius 2 is 2.00 bits per heavy atom. The molecule has 76 valence electrons. The van der Waals surface area contributed by atoms with Crippen LogP contribution in [0, 0.1) is 5.92 Å². The molecule has 13 heavy (non-hydrogen) atoms. The van der Waals surface area contributed by atoms with Gasteiger partial charge in [0.1, 0.15) is 11.9 Å². The fraction of sp³-hybridized carbons (Fsp3) is 0.636. The summed E-state index contributed by atoms with van der Waals surface area (Å²) >= 11 is 0. The second-order valence-corrected chi connectivity index (χ2v) is 3.48. The molecule has 0 heterocycles. The Labute approximate surface area is 80.3 Å². The lowest BCUT2D eigenvalue weighted by Gasteiger charge is -2.02. The summed E-state index contributed by atoms with van der Waals surface area (Å²) in [4.78, 5) is 0. The molecule has 0 fully saturated rings. The average molecular weight is 186 g/mol. The van der Waals surface area contributed by atoms with E-state index in [1.807, 2.05) is 12.2 Å². The lowest BCUT2D eigenvalue weighted by Crippen LogP contribution is -1.91. The van der Waals surface area contributed by atoms with Gasteiger partial charge in [-0.3, -0.25) is 0 Å². The molecule has 0 N–H and O–H groups in total. The molecule has 2 heteroatoms. The van der Waals surface area contributed by atoms with Crippen LogP contribution in [0.25, 0.3) is 0 Å². The van der Waals surface area contributed by atoms with Gasteiger partial charge in [-0.1, -0.05) is 19.9 Å². The van der Waals surface area contributed by atoms with Gasteiger partial charge in [0.2, 0.25) is 0 Å². The number of allylic oxidation sites excluding steroid dienone is 3. The second kappa shape index (κ2) is 6.70. The van der Waals surface area contributed by atoms with Crippen molar-refractivity contribution in [2.45, 2.75) is 33.4 Å². The molecular weight excluding hydrogens is 167 g/mol. The maximum absolute atomic E-state index is 12.5. The molecule has 0 aromatic heterocycles. The Morgan fingerprint density at radius 3 is 2.38 bits per heavy atom. The van der Waals surface area contributed by atoms with E-state index in [4.69, 9.17) is 4.74 Å². The van der Waals surface area contributed by atoms with Crippen molar-refractivity contribution in [3.8, 4) is 0 Å². The first-order valence-electron chi connectivity index (χ1n) is 4.62. The van der Waals surface area contributed by atoms with Crippen LogP contribution in [0.3, 0.4) is 0 Å². The molecule has 0 amide bonds. The van der Waals surface area contributed by atoms with Crippen molar-refractivity contribution in [3.63, 3.8) is 0 Å². The van der Waals surface area contributed by atoms with Gasteiger partial charge >= 0.3 is 0 Å². The highest BCUT2D eigenvalue weighted by molar-refractivity contribution is 5.13. The summed E-state index contributed by atoms with van der Waals surface area (Å²) < 4.78 is 17.5. The SMILES string of the molecule is COC(/C=C\CC(C)C)=C/C(C)F. The van der Waals surface area contributed by atoms with E-state index in [-0.39, 0.29) is 0 Å². The number of methoxy groups -OCH3 is 1. The van der Waals surface area contributed by atoms with Gasteiger partial charge in [-0.2, -0.15) is 0 Å². The molecule has 0 radical (unpaired) electrons. The van der Waals surface area contributed by atoms with E-state index in [0.29, 0.717) is 11.7 Å². The molecule has 0 aliphatic heterocycles. The Balaban J connectivity index is 4.05. The van der Waals surface area contributed by atoms with Gasteiger partial charge in [-0.05, 0) is 31.4 Å². The van der Waals surface area contributed by atoms with Crippen LogP contribution in [0.2, 0.25) is 0 Å². The first-order chi connectivity index (χ1) is 6.06. The Morgan fingerprint density at radius 1 is 1.38 bits per heavy atom. The third-order valence-electron chi connectivity index (χ3n) is 1.52. The predicted octanol–water partition coefficient (Wildman–Crippen LogP) is 3.48. The molecule has 0 saturated heterocycles. The minimum Gasteiger partial charge on any atom is -0.497 e. The average Bonchev–Trinajstić information content (AvgIpc) is 2.01. The van der Waals surface area contributed by atoms with E-state index >= 15 is 0 Å². The standard InChI is InChI=1S/C11H19FO/c1-9(2)6-5-7-11(13-4)8-10(3)12/h5,7-10H,6H2,1-4H3/b7-5-,11-8+. The molecule has 1 unspecified atom stereocenters. The summed E-state index contributed by atoms with van der Waals surface area (Å²) in [7, 11) is 1.55. The van der Waals surface area contributed by atoms with Crippen molar-refractivity contribution in [2.75, 3.05) is 7.11 Å². The van der Waals surface area contributed by atoms with Crippen molar-refractivity contribution in [2.24, 2.45) is 5.92 Å². The molecule has 0 aromatic carbocycles. The summed E-state index contributed by atoms with van der Waals surface area (Å²) in [6, 6.07) is 0. The smallest absolute Gasteiger partial charge is 0.119 e. The molecule has 0 rings (SSSR count). The van der Waals surface area contributed by atoms with Crippen LogP contribution in [0.15, 0.2) is 24.0 Å². The summed E-state index contributed by atoms with van der Waals surface area (Å²) in [5.74, 6) is 1.22. The number of hydrogen-bond acceptors (Lipinski definition) is 1. The monoisotopic (exact) mass is 186 g/mol. The van der Waals surface area contributed by atoms with Crippen LogP contribution in [0.4, 0.5) is 4.39 Å². The summed E-state index contributed by atoms with van der Waals surface area (Å²) in [6.45, 7) is 5.76. The lowest BCUT2D eigenvalue weighted by molar-refractivity contribution is 0.297. The third kappa shape index (κ3) is 7.57. The van der Waals surface area contributed by atoms with Crippen molar-refractivity contribution < 1.29 is 9.13 Å². The number of ether oxygens (including phenoxy) is 1. The molecule has 0 aromatic rings. The Kier molecular flexibility index (Phi) is 6.29. The van der Waals surface area contributed by atoms with Crippen LogP contribution in [0.5, 0.6) is 0 Å². The molecular formula is C11H19FO. The van der Waals surface area contributed by atoms with Gasteiger partial charge in [-0.15, -0.1) is 0 Å². The summed E-state index contributed by atoms with van der Waals surface area (Å²) in [5.41, 5.74) is 0. The van der Waals surface area contributed by atoms with E-state index < -0.39 is 6.17 Å². The Hall–Kier alpha value is -0.790. The number of alkyl halides is 1. The van der Waals surface area contributed by atoms with Crippen molar-refractivity contribution in [1.82, 2.24) is 0 Å². The molecule has 0 spiro atoms. The van der Waals surface area contributed by atoms with E-state index in [0.717, 1.165) is 6.42 Å². The molecule has 0 saturated carbocycles. The van der Waals surface area contributed by atoms with Crippen LogP contribution >= 0.6 is 0 Å². The minimum atomic E-state index is -0.960. The minimum absolute atomic E-state index is 0.593. The van der Waals surface area contributed by atoms with Gasteiger partial charge in [0.15, 0.2) is 0 Å². The second-order valence-electron chi connectivity index (χ2n) is 3.48. The predicted molar refractivity (Wildman–Crippen MR) is 54.3 cm³/mol. The largest absolute Gasteiger partial charge is 0.497 e. The van der Waals surface area contributed by atoms with Crippen LogP contribution in [-0.4, -0.2) is 13.3 Å². The molecule has 0 aliphatic rings. The van der Waals surface area contributed by atoms with Gasteiger partial charge in [0.05, 0.1) is 7.11 Å². The first kappa shape index (κ1) is 12.2. The summed E-state index contributed by atoms with van der Waals surface area (Å²) in [6.07, 6.45) is 5.30. The fourth-order valence-corrected chi connectivity index (χ4v) is 0.874. The zero-order chi connectivity index (χ0) is 10.3. The highest BCUT2D eigenvalue weighted by Gasteiger charge is 1.95. The summed E-state index contributed by atoms with van der Waals surface area (Å²) in [5, 5.41) is 0. The number of hydrogen-bond donors (Lipinski definition) is 0. The van der Waals surface area contributed by atoms with Gasteiger partial charge in [-0.25, -0.2) is 4.39 Å². The fourth-order valence-electron chi connectivity index (χ4n) is 0.874. The molecule has 1 nitrogen and oxygen atoms in total. The van der Waals surface area contributed by atoms with E-state index in [2.05, 4.69) is 13.8 Å². The van der Waals surface area contributed by atoms with E-state index in [1.54, 1.807) is 7.11 Å². The van der Waals surface area contributed by atoms with Crippen LogP contribution in [0.1, 0.15) is 27.2 Å². The molecule has 0 aliphatic carbocycles. The Bertz CT molecular complexity index is 181. The zero-order valence-corrected chi connectivity index (χ0v) is 8.88. The molecule has 0 bridgehead atoms.